The summed E-state index contributed by atoms with van der Waals surface area (Å²) < 4.78 is 12.9. The number of anilines is 1. The van der Waals surface area contributed by atoms with E-state index in [4.69, 9.17) is 15.2 Å². The maximum atomic E-state index is 6.00. The predicted octanol–water partition coefficient (Wildman–Crippen LogP) is 1.36. The van der Waals surface area contributed by atoms with E-state index in [2.05, 4.69) is 15.5 Å². The van der Waals surface area contributed by atoms with E-state index in [1.54, 1.807) is 4.68 Å². The molecule has 3 rings (SSSR count). The van der Waals surface area contributed by atoms with Crippen molar-refractivity contribution in [1.82, 2.24) is 20.2 Å². The van der Waals surface area contributed by atoms with E-state index >= 15 is 0 Å². The molecule has 2 N–H and O–H groups in total. The van der Waals surface area contributed by atoms with Gasteiger partial charge in [0.25, 0.3) is 0 Å². The molecule has 112 valence electrons. The number of nitrogens with two attached hydrogens (primary N) is 1. The average molecular weight is 289 g/mol. The SMILES string of the molecule is CCOc1c(N)cccc1-c1nnnn1CC1CCOC1. The summed E-state index contributed by atoms with van der Waals surface area (Å²) in [5.74, 6) is 1.76. The van der Waals surface area contributed by atoms with Crippen molar-refractivity contribution in [3.63, 3.8) is 0 Å². The number of hydrogen-bond acceptors (Lipinski definition) is 6. The molecule has 1 atom stereocenters. The molecule has 2 heterocycles. The first-order valence-corrected chi connectivity index (χ1v) is 7.15. The Kier molecular flexibility index (Phi) is 4.01. The van der Waals surface area contributed by atoms with E-state index in [-0.39, 0.29) is 0 Å². The van der Waals surface area contributed by atoms with Crippen LogP contribution in [-0.4, -0.2) is 40.0 Å². The van der Waals surface area contributed by atoms with Gasteiger partial charge in [-0.1, -0.05) is 6.07 Å². The smallest absolute Gasteiger partial charge is 0.185 e. The molecule has 1 saturated heterocycles. The van der Waals surface area contributed by atoms with Gasteiger partial charge >= 0.3 is 0 Å². The van der Waals surface area contributed by atoms with Crippen molar-refractivity contribution in [2.75, 3.05) is 25.6 Å². The van der Waals surface area contributed by atoms with Gasteiger partial charge in [0.15, 0.2) is 11.6 Å². The first-order chi connectivity index (χ1) is 10.3. The monoisotopic (exact) mass is 289 g/mol. The summed E-state index contributed by atoms with van der Waals surface area (Å²) in [6.45, 7) is 4.77. The number of rotatable bonds is 5. The first kappa shape index (κ1) is 13.8. The molecule has 0 bridgehead atoms. The molecule has 2 aromatic rings. The zero-order valence-electron chi connectivity index (χ0n) is 12.0. The van der Waals surface area contributed by atoms with Crippen LogP contribution in [0.25, 0.3) is 11.4 Å². The normalized spacial score (nSPS) is 18.0. The second-order valence-corrected chi connectivity index (χ2v) is 5.07. The minimum Gasteiger partial charge on any atom is -0.491 e. The Labute approximate surface area is 123 Å². The number of tetrazole rings is 1. The van der Waals surface area contributed by atoms with E-state index in [0.29, 0.717) is 29.8 Å². The molecular formula is C14H19N5O2. The van der Waals surface area contributed by atoms with Crippen LogP contribution in [0.3, 0.4) is 0 Å². The second-order valence-electron chi connectivity index (χ2n) is 5.07. The van der Waals surface area contributed by atoms with Crippen LogP contribution in [0.15, 0.2) is 18.2 Å². The van der Waals surface area contributed by atoms with Crippen molar-refractivity contribution >= 4 is 5.69 Å². The Bertz CT molecular complexity index is 607. The lowest BCUT2D eigenvalue weighted by Gasteiger charge is -2.13. The molecule has 1 aromatic heterocycles. The quantitative estimate of drug-likeness (QED) is 0.836. The highest BCUT2D eigenvalue weighted by molar-refractivity contribution is 5.73. The lowest BCUT2D eigenvalue weighted by Crippen LogP contribution is -2.13. The standard InChI is InChI=1S/C14H19N5O2/c1-2-21-13-11(4-3-5-12(13)15)14-16-17-18-19(14)8-10-6-7-20-9-10/h3-5,10H,2,6-9,15H2,1H3. The number of hydrogen-bond donors (Lipinski definition) is 1. The van der Waals surface area contributed by atoms with Crippen molar-refractivity contribution in [2.24, 2.45) is 5.92 Å². The van der Waals surface area contributed by atoms with Crippen molar-refractivity contribution in [3.8, 4) is 17.1 Å². The van der Waals surface area contributed by atoms with E-state index in [0.717, 1.165) is 31.7 Å². The number of benzene rings is 1. The van der Waals surface area contributed by atoms with Crippen molar-refractivity contribution in [3.05, 3.63) is 18.2 Å². The highest BCUT2D eigenvalue weighted by Gasteiger charge is 2.21. The molecule has 1 unspecified atom stereocenters. The Balaban J connectivity index is 1.93. The van der Waals surface area contributed by atoms with Crippen LogP contribution < -0.4 is 10.5 Å². The molecule has 1 aromatic carbocycles. The third-order valence-corrected chi connectivity index (χ3v) is 3.56. The zero-order chi connectivity index (χ0) is 14.7. The summed E-state index contributed by atoms with van der Waals surface area (Å²) in [5.41, 5.74) is 7.42. The van der Waals surface area contributed by atoms with Gasteiger partial charge in [-0.15, -0.1) is 5.10 Å². The highest BCUT2D eigenvalue weighted by Crippen LogP contribution is 2.34. The molecule has 7 nitrogen and oxygen atoms in total. The minimum absolute atomic E-state index is 0.448. The number of nitrogen functional groups attached to an aromatic ring is 1. The van der Waals surface area contributed by atoms with Gasteiger partial charge in [-0.3, -0.25) is 0 Å². The Morgan fingerprint density at radius 3 is 3.14 bits per heavy atom. The zero-order valence-corrected chi connectivity index (χ0v) is 12.0. The molecule has 0 amide bonds. The fraction of sp³-hybridized carbons (Fsp3) is 0.500. The van der Waals surface area contributed by atoms with Crippen LogP contribution in [0, 0.1) is 5.92 Å². The van der Waals surface area contributed by atoms with Gasteiger partial charge in [0, 0.05) is 12.5 Å². The summed E-state index contributed by atoms with van der Waals surface area (Å²) in [5, 5.41) is 12.0. The summed E-state index contributed by atoms with van der Waals surface area (Å²) >= 11 is 0. The van der Waals surface area contributed by atoms with Gasteiger partial charge in [-0.2, -0.15) is 0 Å². The van der Waals surface area contributed by atoms with Gasteiger partial charge in [-0.05, 0) is 35.9 Å². The van der Waals surface area contributed by atoms with Crippen molar-refractivity contribution in [1.29, 1.82) is 0 Å². The third-order valence-electron chi connectivity index (χ3n) is 3.56. The molecule has 0 saturated carbocycles. The van der Waals surface area contributed by atoms with Crippen LogP contribution in [-0.2, 0) is 11.3 Å². The van der Waals surface area contributed by atoms with E-state index in [1.165, 1.54) is 0 Å². The molecule has 1 fully saturated rings. The topological polar surface area (TPSA) is 88.1 Å². The maximum absolute atomic E-state index is 6.00. The van der Waals surface area contributed by atoms with Crippen LogP contribution >= 0.6 is 0 Å². The Morgan fingerprint density at radius 1 is 1.48 bits per heavy atom. The summed E-state index contributed by atoms with van der Waals surface area (Å²) in [6, 6.07) is 5.62. The lowest BCUT2D eigenvalue weighted by molar-refractivity contribution is 0.181. The minimum atomic E-state index is 0.448. The van der Waals surface area contributed by atoms with E-state index in [1.807, 2.05) is 25.1 Å². The van der Waals surface area contributed by atoms with Crippen LogP contribution in [0.5, 0.6) is 5.75 Å². The van der Waals surface area contributed by atoms with Crippen LogP contribution in [0.2, 0.25) is 0 Å². The predicted molar refractivity (Wildman–Crippen MR) is 77.8 cm³/mol. The Morgan fingerprint density at radius 2 is 2.38 bits per heavy atom. The molecule has 0 spiro atoms. The van der Waals surface area contributed by atoms with E-state index < -0.39 is 0 Å². The number of para-hydroxylation sites is 1. The fourth-order valence-electron chi connectivity index (χ4n) is 2.53. The van der Waals surface area contributed by atoms with Crippen LogP contribution in [0.1, 0.15) is 13.3 Å². The van der Waals surface area contributed by atoms with E-state index in [9.17, 15) is 0 Å². The second kappa shape index (κ2) is 6.09. The molecule has 0 radical (unpaired) electrons. The van der Waals surface area contributed by atoms with Crippen LogP contribution in [0.4, 0.5) is 5.69 Å². The molecular weight excluding hydrogens is 270 g/mol. The van der Waals surface area contributed by atoms with Gasteiger partial charge in [0.1, 0.15) is 0 Å². The number of aromatic nitrogens is 4. The molecule has 0 aliphatic carbocycles. The number of ether oxygens (including phenoxy) is 2. The maximum Gasteiger partial charge on any atom is 0.185 e. The summed E-state index contributed by atoms with van der Waals surface area (Å²) in [4.78, 5) is 0. The van der Waals surface area contributed by atoms with Gasteiger partial charge in [0.05, 0.1) is 31.0 Å². The molecule has 1 aliphatic heterocycles. The lowest BCUT2D eigenvalue weighted by atomic mass is 10.1. The summed E-state index contributed by atoms with van der Waals surface area (Å²) in [7, 11) is 0. The largest absolute Gasteiger partial charge is 0.491 e. The van der Waals surface area contributed by atoms with Gasteiger partial charge in [0.2, 0.25) is 0 Å². The average Bonchev–Trinajstić information content (AvgIpc) is 3.14. The van der Waals surface area contributed by atoms with Crippen molar-refractivity contribution < 1.29 is 9.47 Å². The van der Waals surface area contributed by atoms with Gasteiger partial charge in [-0.25, -0.2) is 4.68 Å². The fourth-order valence-corrected chi connectivity index (χ4v) is 2.53. The molecule has 1 aliphatic rings. The highest BCUT2D eigenvalue weighted by atomic mass is 16.5. The third kappa shape index (κ3) is 2.82. The first-order valence-electron chi connectivity index (χ1n) is 7.15. The summed E-state index contributed by atoms with van der Waals surface area (Å²) in [6.07, 6.45) is 1.04. The van der Waals surface area contributed by atoms with Crippen molar-refractivity contribution in [2.45, 2.75) is 19.9 Å². The Hall–Kier alpha value is -2.15. The molecule has 21 heavy (non-hydrogen) atoms. The molecule has 7 heteroatoms. The van der Waals surface area contributed by atoms with Gasteiger partial charge < -0.3 is 15.2 Å². The number of nitrogens with zero attached hydrogens (tertiary/aromatic N) is 4.